The van der Waals surface area contributed by atoms with E-state index in [1.807, 2.05) is 41.5 Å². The third-order valence-corrected chi connectivity index (χ3v) is 17.9. The minimum absolute atomic E-state index is 0.626. The van der Waals surface area contributed by atoms with Crippen LogP contribution in [0.3, 0.4) is 0 Å². The maximum atomic E-state index is 11.0. The van der Waals surface area contributed by atoms with Gasteiger partial charge in [-0.3, -0.25) is 0 Å². The molecule has 1 heterocycles. The Kier molecular flexibility index (Phi) is 7.50. The van der Waals surface area contributed by atoms with Gasteiger partial charge in [-0.2, -0.15) is 9.32 Å². The van der Waals surface area contributed by atoms with Gasteiger partial charge in [0.1, 0.15) is 0 Å². The minimum atomic E-state index is -3.60. The summed E-state index contributed by atoms with van der Waals surface area (Å²) >= 11 is 0. The number of isocyanates is 2. The molecule has 0 aromatic rings. The average molecular weight is 467 g/mol. The number of carbonyl (C=O) groups excluding carboxylic acids is 2. The van der Waals surface area contributed by atoms with Crippen molar-refractivity contribution in [3.05, 3.63) is 0 Å². The van der Waals surface area contributed by atoms with Crippen molar-refractivity contribution in [3.63, 3.8) is 0 Å². The maximum absolute atomic E-state index is 11.0. The molecule has 0 amide bonds. The van der Waals surface area contributed by atoms with Crippen LogP contribution >= 0.6 is 0 Å². The zero-order valence-corrected chi connectivity index (χ0v) is 22.2. The molecule has 4 atom stereocenters. The van der Waals surface area contributed by atoms with E-state index in [1.54, 1.807) is 13.1 Å². The third kappa shape index (κ3) is 8.02. The van der Waals surface area contributed by atoms with Gasteiger partial charge in [-0.25, -0.2) is 9.59 Å². The highest BCUT2D eigenvalue weighted by Crippen LogP contribution is 2.35. The second-order valence-electron chi connectivity index (χ2n) is 8.76. The quantitative estimate of drug-likeness (QED) is 0.353. The Morgan fingerprint density at radius 2 is 0.964 bits per heavy atom. The van der Waals surface area contributed by atoms with E-state index in [0.717, 1.165) is 0 Å². The molecule has 0 saturated carbocycles. The zero-order chi connectivity index (χ0) is 22.1. The molecule has 0 aromatic heterocycles. The van der Waals surface area contributed by atoms with Crippen LogP contribution in [0.5, 0.6) is 0 Å². The van der Waals surface area contributed by atoms with Crippen LogP contribution in [-0.2, 0) is 34.9 Å². The van der Waals surface area contributed by atoms with Crippen molar-refractivity contribution in [2.75, 3.05) is 0 Å². The molecule has 0 spiro atoms. The molecule has 1 fully saturated rings. The van der Waals surface area contributed by atoms with Gasteiger partial charge >= 0.3 is 35.1 Å². The first-order valence-corrected chi connectivity index (χ1v) is 17.7. The van der Waals surface area contributed by atoms with E-state index in [4.69, 9.17) is 25.3 Å². The molecule has 0 radical (unpaired) electrons. The molecule has 4 unspecified atom stereocenters. The summed E-state index contributed by atoms with van der Waals surface area (Å²) in [6.07, 6.45) is 2.94. The fourth-order valence-corrected chi connectivity index (χ4v) is 20.0. The second kappa shape index (κ2) is 8.26. The van der Waals surface area contributed by atoms with E-state index in [2.05, 4.69) is 9.32 Å². The van der Waals surface area contributed by atoms with Gasteiger partial charge in [-0.1, -0.05) is 0 Å². The lowest BCUT2D eigenvalue weighted by molar-refractivity contribution is -0.00234. The third-order valence-electron chi connectivity index (χ3n) is 2.98. The Morgan fingerprint density at radius 3 is 1.21 bits per heavy atom. The van der Waals surface area contributed by atoms with E-state index in [9.17, 15) is 9.59 Å². The van der Waals surface area contributed by atoms with E-state index in [-0.39, 0.29) is 0 Å². The van der Waals surface area contributed by atoms with Gasteiger partial charge in [0.25, 0.3) is 0 Å². The Labute approximate surface area is 170 Å². The van der Waals surface area contributed by atoms with Gasteiger partial charge in [-0.05, 0) is 41.5 Å². The van der Waals surface area contributed by atoms with Crippen molar-refractivity contribution in [2.24, 2.45) is 9.32 Å². The lowest BCUT2D eigenvalue weighted by Gasteiger charge is -2.47. The standard InChI is InChI=1S/C14H30N2O8Si4/c1-13(2,3)19-27(9)22-25(7,15-11-17)21-26(8,16-12-18)23-28(10,24-27)20-14(4,5)6/h1-10H3. The summed E-state index contributed by atoms with van der Waals surface area (Å²) in [7, 11) is -14.2. The van der Waals surface area contributed by atoms with Crippen LogP contribution in [-0.4, -0.2) is 58.4 Å². The van der Waals surface area contributed by atoms with Crippen molar-refractivity contribution in [2.45, 2.75) is 78.9 Å². The van der Waals surface area contributed by atoms with Gasteiger partial charge in [0, 0.05) is 26.2 Å². The molecule has 160 valence electrons. The van der Waals surface area contributed by atoms with Gasteiger partial charge in [-0.15, -0.1) is 0 Å². The Bertz CT molecular complexity index is 632. The molecule has 1 rings (SSSR count). The van der Waals surface area contributed by atoms with Crippen molar-refractivity contribution in [3.8, 4) is 0 Å². The predicted octanol–water partition coefficient (Wildman–Crippen LogP) is 2.64. The first-order chi connectivity index (χ1) is 12.4. The van der Waals surface area contributed by atoms with Crippen molar-refractivity contribution < 1.29 is 34.9 Å². The number of rotatable bonds is 4. The molecule has 1 aliphatic rings. The summed E-state index contributed by atoms with van der Waals surface area (Å²) in [5.74, 6) is 0. The zero-order valence-electron chi connectivity index (χ0n) is 18.2. The summed E-state index contributed by atoms with van der Waals surface area (Å²) in [5, 5.41) is 0. The van der Waals surface area contributed by atoms with Crippen LogP contribution in [0.4, 0.5) is 0 Å². The van der Waals surface area contributed by atoms with Crippen molar-refractivity contribution in [1.29, 1.82) is 0 Å². The molecular formula is C14H30N2O8Si4. The fraction of sp³-hybridized carbons (Fsp3) is 0.857. The van der Waals surface area contributed by atoms with Crippen LogP contribution < -0.4 is 0 Å². The Morgan fingerprint density at radius 1 is 0.643 bits per heavy atom. The summed E-state index contributed by atoms with van der Waals surface area (Å²) in [4.78, 5) is 22.0. The molecule has 1 aliphatic heterocycles. The van der Waals surface area contributed by atoms with E-state index in [1.165, 1.54) is 25.3 Å². The van der Waals surface area contributed by atoms with Gasteiger partial charge in [0.15, 0.2) is 0 Å². The Balaban J connectivity index is 3.56. The molecule has 14 heteroatoms. The largest absolute Gasteiger partial charge is 0.483 e. The van der Waals surface area contributed by atoms with E-state index < -0.39 is 46.3 Å². The highest BCUT2D eigenvalue weighted by Gasteiger charge is 2.63. The smallest absolute Gasteiger partial charge is 0.380 e. The van der Waals surface area contributed by atoms with E-state index >= 15 is 0 Å². The summed E-state index contributed by atoms with van der Waals surface area (Å²) in [5.41, 5.74) is -1.25. The average Bonchev–Trinajstić information content (AvgIpc) is 2.28. The fourth-order valence-electron chi connectivity index (χ4n) is 2.91. The normalized spacial score (nSPS) is 37.2. The summed E-state index contributed by atoms with van der Waals surface area (Å²) in [6.45, 7) is 17.4. The SMILES string of the molecule is CC(C)(C)O[Si]1(C)O[Si](C)(N=C=O)O[Si](C)(N=C=O)O[Si](C)(OC(C)(C)C)O1. The summed E-state index contributed by atoms with van der Waals surface area (Å²) in [6, 6.07) is 0. The van der Waals surface area contributed by atoms with Crippen LogP contribution in [0, 0.1) is 0 Å². The van der Waals surface area contributed by atoms with E-state index in [0.29, 0.717) is 0 Å². The van der Waals surface area contributed by atoms with Gasteiger partial charge < -0.3 is 25.3 Å². The van der Waals surface area contributed by atoms with Crippen LogP contribution in [0.1, 0.15) is 41.5 Å². The lowest BCUT2D eigenvalue weighted by Crippen LogP contribution is -2.70. The van der Waals surface area contributed by atoms with Crippen LogP contribution in [0.2, 0.25) is 26.2 Å². The number of hydrogen-bond donors (Lipinski definition) is 0. The Hall–Kier alpha value is -0.612. The number of hydrogen-bond acceptors (Lipinski definition) is 10. The van der Waals surface area contributed by atoms with Crippen molar-refractivity contribution in [1.82, 2.24) is 0 Å². The lowest BCUT2D eigenvalue weighted by atomic mass is 10.2. The van der Waals surface area contributed by atoms with Gasteiger partial charge in [0.05, 0.1) is 11.2 Å². The molecule has 28 heavy (non-hydrogen) atoms. The topological polar surface area (TPSA) is 114 Å². The summed E-state index contributed by atoms with van der Waals surface area (Å²) < 4.78 is 44.3. The molecule has 0 bridgehead atoms. The first kappa shape index (κ1) is 25.4. The monoisotopic (exact) mass is 466 g/mol. The predicted molar refractivity (Wildman–Crippen MR) is 109 cm³/mol. The van der Waals surface area contributed by atoms with Gasteiger partial charge in [0.2, 0.25) is 12.2 Å². The highest BCUT2D eigenvalue weighted by atomic mass is 28.5. The van der Waals surface area contributed by atoms with Crippen LogP contribution in [0.15, 0.2) is 9.32 Å². The molecule has 0 aromatic carbocycles. The molecule has 0 N–H and O–H groups in total. The minimum Gasteiger partial charge on any atom is -0.380 e. The number of nitrogens with zero attached hydrogens (tertiary/aromatic N) is 2. The molecular weight excluding hydrogens is 437 g/mol. The molecule has 1 saturated heterocycles. The second-order valence-corrected chi connectivity index (χ2v) is 19.9. The highest BCUT2D eigenvalue weighted by molar-refractivity contribution is 6.90. The molecule has 10 nitrogen and oxygen atoms in total. The molecule has 0 aliphatic carbocycles. The maximum Gasteiger partial charge on any atom is 0.483 e. The van der Waals surface area contributed by atoms with Crippen LogP contribution in [0.25, 0.3) is 0 Å². The first-order valence-electron chi connectivity index (χ1n) is 8.75. The van der Waals surface area contributed by atoms with Crippen molar-refractivity contribution >= 4 is 47.2 Å².